The molecule has 0 aliphatic heterocycles. The molecule has 1 N–H and O–H groups in total. The molecule has 2 nitrogen and oxygen atoms in total. The van der Waals surface area contributed by atoms with Crippen molar-refractivity contribution in [3.05, 3.63) is 29.3 Å². The molecule has 19 heavy (non-hydrogen) atoms. The van der Waals surface area contributed by atoms with Gasteiger partial charge in [-0.3, -0.25) is 0 Å². The van der Waals surface area contributed by atoms with E-state index in [0.29, 0.717) is 4.90 Å². The summed E-state index contributed by atoms with van der Waals surface area (Å²) in [5, 5.41) is 0. The number of hydrogen-bond acceptors (Lipinski definition) is 1. The Labute approximate surface area is 119 Å². The first-order valence-corrected chi connectivity index (χ1v) is 8.01. The van der Waals surface area contributed by atoms with Gasteiger partial charge in [-0.05, 0) is 46.9 Å². The van der Waals surface area contributed by atoms with Gasteiger partial charge in [0, 0.05) is 0 Å². The minimum absolute atomic E-state index is 0.0218. The highest BCUT2D eigenvalue weighted by Crippen LogP contribution is 2.34. The van der Waals surface area contributed by atoms with E-state index < -0.39 is 11.1 Å². The predicted molar refractivity (Wildman–Crippen MR) is 82.1 cm³/mol. The van der Waals surface area contributed by atoms with Gasteiger partial charge in [0.1, 0.15) is 0 Å². The molecule has 0 radical (unpaired) electrons. The molecule has 0 aliphatic rings. The molecule has 3 heteroatoms. The number of benzene rings is 1. The fraction of sp³-hybridized carbons (Fsp3) is 0.625. The average Bonchev–Trinajstić information content (AvgIpc) is 2.38. The Morgan fingerprint density at radius 3 is 1.58 bits per heavy atom. The fourth-order valence-corrected chi connectivity index (χ4v) is 2.35. The van der Waals surface area contributed by atoms with Gasteiger partial charge < -0.3 is 4.55 Å². The van der Waals surface area contributed by atoms with Crippen molar-refractivity contribution in [3.63, 3.8) is 0 Å². The molecule has 0 spiro atoms. The van der Waals surface area contributed by atoms with Crippen molar-refractivity contribution >= 4 is 11.1 Å². The van der Waals surface area contributed by atoms with Crippen LogP contribution in [0.4, 0.5) is 0 Å². The molecule has 0 saturated heterocycles. The number of rotatable bonds is 5. The minimum atomic E-state index is -1.92. The van der Waals surface area contributed by atoms with Crippen molar-refractivity contribution < 1.29 is 8.76 Å². The lowest BCUT2D eigenvalue weighted by Crippen LogP contribution is -2.20. The molecule has 1 atom stereocenters. The first-order valence-electron chi connectivity index (χ1n) is 6.91. The average molecular weight is 282 g/mol. The zero-order chi connectivity index (χ0) is 14.8. The van der Waals surface area contributed by atoms with Gasteiger partial charge in [-0.25, -0.2) is 4.21 Å². The maximum atomic E-state index is 11.4. The van der Waals surface area contributed by atoms with Gasteiger partial charge in [0.2, 0.25) is 0 Å². The molecule has 0 bridgehead atoms. The van der Waals surface area contributed by atoms with E-state index in [1.165, 1.54) is 0 Å². The third-order valence-corrected chi connectivity index (χ3v) is 5.08. The van der Waals surface area contributed by atoms with Crippen molar-refractivity contribution in [2.24, 2.45) is 0 Å². The Balaban J connectivity index is 3.47. The summed E-state index contributed by atoms with van der Waals surface area (Å²) in [5.41, 5.74) is 2.33. The summed E-state index contributed by atoms with van der Waals surface area (Å²) in [5.74, 6) is 0. The Morgan fingerprint density at radius 1 is 0.947 bits per heavy atom. The van der Waals surface area contributed by atoms with E-state index >= 15 is 0 Å². The zero-order valence-corrected chi connectivity index (χ0v) is 13.7. The van der Waals surface area contributed by atoms with Crippen molar-refractivity contribution in [1.29, 1.82) is 0 Å². The van der Waals surface area contributed by atoms with Crippen LogP contribution in [0, 0.1) is 0 Å². The molecule has 0 heterocycles. The van der Waals surface area contributed by atoms with Gasteiger partial charge in [-0.15, -0.1) is 0 Å². The highest BCUT2D eigenvalue weighted by molar-refractivity contribution is 7.79. The summed E-state index contributed by atoms with van der Waals surface area (Å²) < 4.78 is 20.9. The van der Waals surface area contributed by atoms with Gasteiger partial charge >= 0.3 is 0 Å². The van der Waals surface area contributed by atoms with Crippen molar-refractivity contribution in [2.45, 2.75) is 70.1 Å². The van der Waals surface area contributed by atoms with Crippen LogP contribution in [0.2, 0.25) is 0 Å². The molecule has 1 aromatic carbocycles. The smallest absolute Gasteiger partial charge is 0.186 e. The summed E-state index contributed by atoms with van der Waals surface area (Å²) in [6.45, 7) is 13.0. The highest BCUT2D eigenvalue weighted by Gasteiger charge is 2.25. The Bertz CT molecular complexity index is 441. The summed E-state index contributed by atoms with van der Waals surface area (Å²) in [4.78, 5) is 0.510. The molecular weight excluding hydrogens is 256 g/mol. The van der Waals surface area contributed by atoms with Gasteiger partial charge in [0.05, 0.1) is 4.90 Å². The lowest BCUT2D eigenvalue weighted by atomic mass is 9.77. The summed E-state index contributed by atoms with van der Waals surface area (Å²) in [6, 6.07) is 5.94. The Morgan fingerprint density at radius 2 is 1.32 bits per heavy atom. The van der Waals surface area contributed by atoms with Crippen molar-refractivity contribution in [2.75, 3.05) is 0 Å². The monoisotopic (exact) mass is 282 g/mol. The first-order chi connectivity index (χ1) is 8.64. The van der Waals surface area contributed by atoms with Crippen LogP contribution in [0.1, 0.15) is 65.5 Å². The molecule has 0 amide bonds. The van der Waals surface area contributed by atoms with E-state index in [-0.39, 0.29) is 10.8 Å². The van der Waals surface area contributed by atoms with E-state index in [2.05, 4.69) is 47.6 Å². The minimum Gasteiger partial charge on any atom is -0.302 e. The third-order valence-electron chi connectivity index (χ3n) is 4.44. The van der Waals surface area contributed by atoms with E-state index in [0.717, 1.165) is 24.0 Å². The summed E-state index contributed by atoms with van der Waals surface area (Å²) >= 11 is -1.92. The van der Waals surface area contributed by atoms with Crippen LogP contribution in [0.25, 0.3) is 0 Å². The van der Waals surface area contributed by atoms with Gasteiger partial charge in [-0.1, -0.05) is 47.6 Å². The predicted octanol–water partition coefficient (Wildman–Crippen LogP) is 4.64. The summed E-state index contributed by atoms with van der Waals surface area (Å²) in [7, 11) is 0. The second kappa shape index (κ2) is 5.76. The lowest BCUT2D eigenvalue weighted by Gasteiger charge is -2.29. The van der Waals surface area contributed by atoms with Crippen LogP contribution in [0.3, 0.4) is 0 Å². The van der Waals surface area contributed by atoms with Crippen LogP contribution in [-0.2, 0) is 21.9 Å². The standard InChI is InChI=1S/C16H26O2S/c1-7-15(3,4)12-9-13(16(5,6)8-2)11-14(10-12)19(17)18/h9-11H,7-8H2,1-6H3,(H,17,18). The van der Waals surface area contributed by atoms with Crippen LogP contribution in [-0.4, -0.2) is 8.76 Å². The fourth-order valence-electron chi connectivity index (χ4n) is 1.89. The number of hydrogen-bond donors (Lipinski definition) is 1. The topological polar surface area (TPSA) is 37.3 Å². The highest BCUT2D eigenvalue weighted by atomic mass is 32.2. The van der Waals surface area contributed by atoms with Crippen LogP contribution in [0.5, 0.6) is 0 Å². The molecule has 1 aromatic rings. The van der Waals surface area contributed by atoms with Crippen molar-refractivity contribution in [1.82, 2.24) is 0 Å². The van der Waals surface area contributed by atoms with E-state index in [4.69, 9.17) is 0 Å². The van der Waals surface area contributed by atoms with Gasteiger partial charge in [0.15, 0.2) is 11.1 Å². The normalized spacial score (nSPS) is 14.5. The maximum absolute atomic E-state index is 11.4. The summed E-state index contributed by atoms with van der Waals surface area (Å²) in [6.07, 6.45) is 2.00. The molecule has 0 aliphatic carbocycles. The quantitative estimate of drug-likeness (QED) is 0.799. The second-order valence-electron chi connectivity index (χ2n) is 6.47. The molecular formula is C16H26O2S. The maximum Gasteiger partial charge on any atom is 0.186 e. The molecule has 108 valence electrons. The molecule has 0 saturated carbocycles. The molecule has 1 unspecified atom stereocenters. The van der Waals surface area contributed by atoms with Crippen molar-refractivity contribution in [3.8, 4) is 0 Å². The Kier molecular flexibility index (Phi) is 4.97. The van der Waals surface area contributed by atoms with Gasteiger partial charge in [0.25, 0.3) is 0 Å². The first kappa shape index (κ1) is 16.4. The second-order valence-corrected chi connectivity index (χ2v) is 7.44. The third kappa shape index (κ3) is 3.67. The molecule has 0 fully saturated rings. The Hall–Kier alpha value is -0.670. The largest absolute Gasteiger partial charge is 0.302 e. The van der Waals surface area contributed by atoms with Crippen LogP contribution in [0.15, 0.2) is 23.1 Å². The molecule has 1 rings (SSSR count). The molecule has 0 aromatic heterocycles. The van der Waals surface area contributed by atoms with Crippen LogP contribution >= 0.6 is 0 Å². The lowest BCUT2D eigenvalue weighted by molar-refractivity contribution is 0.485. The zero-order valence-electron chi connectivity index (χ0n) is 12.9. The van der Waals surface area contributed by atoms with E-state index in [9.17, 15) is 8.76 Å². The van der Waals surface area contributed by atoms with Crippen LogP contribution < -0.4 is 0 Å². The van der Waals surface area contributed by atoms with E-state index in [1.54, 1.807) is 0 Å². The van der Waals surface area contributed by atoms with Gasteiger partial charge in [-0.2, -0.15) is 0 Å². The SMILES string of the molecule is CCC(C)(C)c1cc(S(=O)O)cc(C(C)(C)CC)c1. The van der Waals surface area contributed by atoms with E-state index in [1.807, 2.05) is 12.1 Å².